The van der Waals surface area contributed by atoms with Gasteiger partial charge in [0.15, 0.2) is 0 Å². The van der Waals surface area contributed by atoms with Crippen LogP contribution in [0.15, 0.2) is 48.5 Å². The van der Waals surface area contributed by atoms with E-state index in [1.807, 2.05) is 24.3 Å². The Hall–Kier alpha value is -2.01. The molecule has 0 heterocycles. The normalized spacial score (nSPS) is 12.8. The summed E-state index contributed by atoms with van der Waals surface area (Å²) in [5.41, 5.74) is 6.42. The minimum absolute atomic E-state index is 0.124. The van der Waals surface area contributed by atoms with Gasteiger partial charge in [-0.25, -0.2) is 0 Å². The fraction of sp³-hybridized carbons (Fsp3) is 0.478. The lowest BCUT2D eigenvalue weighted by molar-refractivity contribution is -0.138. The van der Waals surface area contributed by atoms with Crippen LogP contribution >= 0.6 is 0 Å². The zero-order valence-corrected chi connectivity index (χ0v) is 16.5. The Labute approximate surface area is 165 Å². The van der Waals surface area contributed by atoms with E-state index >= 15 is 0 Å². The largest absolute Gasteiger partial charge is 0.494 e. The van der Waals surface area contributed by atoms with Crippen molar-refractivity contribution in [2.75, 3.05) is 6.61 Å². The van der Waals surface area contributed by atoms with Crippen molar-refractivity contribution in [3.05, 3.63) is 65.2 Å². The van der Waals surface area contributed by atoms with Crippen molar-refractivity contribution in [3.63, 3.8) is 0 Å². The number of alkyl halides is 3. The van der Waals surface area contributed by atoms with Crippen molar-refractivity contribution >= 4 is 0 Å². The van der Waals surface area contributed by atoms with Gasteiger partial charge in [0.05, 0.1) is 12.2 Å². The summed E-state index contributed by atoms with van der Waals surface area (Å²) in [6, 6.07) is 12.2. The van der Waals surface area contributed by atoms with Crippen LogP contribution in [0.3, 0.4) is 0 Å². The molecule has 154 valence electrons. The van der Waals surface area contributed by atoms with Crippen LogP contribution in [0.1, 0.15) is 68.2 Å². The summed E-state index contributed by atoms with van der Waals surface area (Å²) >= 11 is 0. The Morgan fingerprint density at radius 2 is 1.54 bits per heavy atom. The molecular weight excluding hydrogens is 363 g/mol. The van der Waals surface area contributed by atoms with Gasteiger partial charge in [0.25, 0.3) is 0 Å². The topological polar surface area (TPSA) is 35.2 Å². The molecule has 0 bridgehead atoms. The van der Waals surface area contributed by atoms with Gasteiger partial charge in [0.1, 0.15) is 5.75 Å². The second kappa shape index (κ2) is 11.1. The maximum atomic E-state index is 13.2. The number of nitrogens with two attached hydrogens (primary N) is 1. The SMILES string of the molecule is CCCCCCCCOc1ccc(CC(N)c2ccccc2C(F)(F)F)cc1. The zero-order chi connectivity index (χ0) is 20.4. The minimum Gasteiger partial charge on any atom is -0.494 e. The Kier molecular flexibility index (Phi) is 8.84. The first-order chi connectivity index (χ1) is 13.4. The summed E-state index contributed by atoms with van der Waals surface area (Å²) in [5, 5.41) is 0. The molecule has 2 nitrogen and oxygen atoms in total. The van der Waals surface area contributed by atoms with Gasteiger partial charge in [-0.3, -0.25) is 0 Å². The van der Waals surface area contributed by atoms with E-state index in [2.05, 4.69) is 6.92 Å². The van der Waals surface area contributed by atoms with Crippen molar-refractivity contribution in [2.45, 2.75) is 64.1 Å². The van der Waals surface area contributed by atoms with Gasteiger partial charge in [-0.1, -0.05) is 69.4 Å². The zero-order valence-electron chi connectivity index (χ0n) is 16.5. The third-order valence-electron chi connectivity index (χ3n) is 4.81. The Balaban J connectivity index is 1.84. The number of halogens is 3. The highest BCUT2D eigenvalue weighted by Crippen LogP contribution is 2.34. The van der Waals surface area contributed by atoms with E-state index in [9.17, 15) is 13.2 Å². The molecule has 0 aliphatic heterocycles. The van der Waals surface area contributed by atoms with Gasteiger partial charge in [0, 0.05) is 6.04 Å². The molecule has 0 amide bonds. The van der Waals surface area contributed by atoms with Crippen molar-refractivity contribution in [3.8, 4) is 5.75 Å². The first-order valence-electron chi connectivity index (χ1n) is 10.0. The van der Waals surface area contributed by atoms with E-state index in [1.54, 1.807) is 6.07 Å². The summed E-state index contributed by atoms with van der Waals surface area (Å²) in [7, 11) is 0. The van der Waals surface area contributed by atoms with E-state index in [1.165, 1.54) is 44.2 Å². The highest BCUT2D eigenvalue weighted by molar-refractivity contribution is 5.34. The van der Waals surface area contributed by atoms with Gasteiger partial charge in [-0.15, -0.1) is 0 Å². The van der Waals surface area contributed by atoms with Crippen LogP contribution in [0, 0.1) is 0 Å². The molecule has 0 saturated carbocycles. The van der Waals surface area contributed by atoms with Crippen LogP contribution in [0.25, 0.3) is 0 Å². The fourth-order valence-electron chi connectivity index (χ4n) is 3.24. The first kappa shape index (κ1) is 22.3. The van der Waals surface area contributed by atoms with E-state index in [0.717, 1.165) is 23.8 Å². The molecular formula is C23H30F3NO. The lowest BCUT2D eigenvalue weighted by Crippen LogP contribution is -2.19. The third-order valence-corrected chi connectivity index (χ3v) is 4.81. The molecule has 0 aliphatic carbocycles. The van der Waals surface area contributed by atoms with E-state index in [4.69, 9.17) is 10.5 Å². The van der Waals surface area contributed by atoms with Crippen LogP contribution in [0.4, 0.5) is 13.2 Å². The number of rotatable bonds is 11. The van der Waals surface area contributed by atoms with Crippen molar-refractivity contribution in [2.24, 2.45) is 5.73 Å². The number of ether oxygens (including phenoxy) is 1. The molecule has 0 radical (unpaired) electrons. The van der Waals surface area contributed by atoms with Crippen molar-refractivity contribution < 1.29 is 17.9 Å². The van der Waals surface area contributed by atoms with Gasteiger partial charge in [-0.2, -0.15) is 13.2 Å². The highest BCUT2D eigenvalue weighted by Gasteiger charge is 2.34. The van der Waals surface area contributed by atoms with E-state index in [0.29, 0.717) is 13.0 Å². The average Bonchev–Trinajstić information content (AvgIpc) is 2.68. The highest BCUT2D eigenvalue weighted by atomic mass is 19.4. The fourth-order valence-corrected chi connectivity index (χ4v) is 3.24. The molecule has 0 saturated heterocycles. The molecule has 1 atom stereocenters. The predicted octanol–water partition coefficient (Wildman–Crippen LogP) is 6.69. The molecule has 2 aromatic rings. The van der Waals surface area contributed by atoms with Crippen LogP contribution in [-0.4, -0.2) is 6.61 Å². The summed E-state index contributed by atoms with van der Waals surface area (Å²) < 4.78 is 45.2. The Morgan fingerprint density at radius 1 is 0.893 bits per heavy atom. The predicted molar refractivity (Wildman–Crippen MR) is 107 cm³/mol. The van der Waals surface area contributed by atoms with Gasteiger partial charge >= 0.3 is 6.18 Å². The molecule has 2 aromatic carbocycles. The van der Waals surface area contributed by atoms with Gasteiger partial charge in [-0.05, 0) is 42.2 Å². The maximum Gasteiger partial charge on any atom is 0.416 e. The lowest BCUT2D eigenvalue weighted by Gasteiger charge is -2.18. The molecule has 0 fully saturated rings. The number of hydrogen-bond donors (Lipinski definition) is 1. The second-order valence-corrected chi connectivity index (χ2v) is 7.16. The number of hydrogen-bond acceptors (Lipinski definition) is 2. The van der Waals surface area contributed by atoms with Crippen LogP contribution in [-0.2, 0) is 12.6 Å². The Morgan fingerprint density at radius 3 is 2.21 bits per heavy atom. The summed E-state index contributed by atoms with van der Waals surface area (Å²) in [6.45, 7) is 2.89. The molecule has 5 heteroatoms. The average molecular weight is 393 g/mol. The second-order valence-electron chi connectivity index (χ2n) is 7.16. The molecule has 2 N–H and O–H groups in total. The molecule has 1 unspecified atom stereocenters. The van der Waals surface area contributed by atoms with Gasteiger partial charge in [0.2, 0.25) is 0 Å². The lowest BCUT2D eigenvalue weighted by atomic mass is 9.95. The molecule has 0 aromatic heterocycles. The standard InChI is InChI=1S/C23H30F3NO/c1-2-3-4-5-6-9-16-28-19-14-12-18(13-15-19)17-22(27)20-10-7-8-11-21(20)23(24,25)26/h7-8,10-15,22H,2-6,9,16-17,27H2,1H3. The maximum absolute atomic E-state index is 13.2. The van der Waals surface area contributed by atoms with Crippen LogP contribution in [0.2, 0.25) is 0 Å². The van der Waals surface area contributed by atoms with Crippen LogP contribution in [0.5, 0.6) is 5.75 Å². The summed E-state index contributed by atoms with van der Waals surface area (Å²) in [5.74, 6) is 0.779. The minimum atomic E-state index is -4.40. The van der Waals surface area contributed by atoms with Crippen molar-refractivity contribution in [1.29, 1.82) is 0 Å². The monoisotopic (exact) mass is 393 g/mol. The summed E-state index contributed by atoms with van der Waals surface area (Å²) in [4.78, 5) is 0. The first-order valence-corrected chi connectivity index (χ1v) is 10.0. The quantitative estimate of drug-likeness (QED) is 0.432. The van der Waals surface area contributed by atoms with Crippen LogP contribution < -0.4 is 10.5 Å². The smallest absolute Gasteiger partial charge is 0.416 e. The Bertz CT molecular complexity index is 698. The number of benzene rings is 2. The number of unbranched alkanes of at least 4 members (excludes halogenated alkanes) is 5. The van der Waals surface area contributed by atoms with E-state index in [-0.39, 0.29) is 5.56 Å². The van der Waals surface area contributed by atoms with Gasteiger partial charge < -0.3 is 10.5 Å². The molecule has 0 spiro atoms. The van der Waals surface area contributed by atoms with Crippen molar-refractivity contribution in [1.82, 2.24) is 0 Å². The van der Waals surface area contributed by atoms with E-state index < -0.39 is 17.8 Å². The molecule has 28 heavy (non-hydrogen) atoms. The summed E-state index contributed by atoms with van der Waals surface area (Å²) in [6.07, 6.45) is 3.20. The third kappa shape index (κ3) is 7.19. The molecule has 2 rings (SSSR count). The molecule has 0 aliphatic rings.